The molecule has 1 heterocycles. The van der Waals surface area contributed by atoms with Gasteiger partial charge in [-0.1, -0.05) is 29.8 Å². The van der Waals surface area contributed by atoms with Crippen LogP contribution in [0.4, 0.5) is 5.69 Å². The molecule has 1 aromatic carbocycles. The number of hydrogen-bond donors (Lipinski definition) is 2. The van der Waals surface area contributed by atoms with Crippen LogP contribution in [0.5, 0.6) is 0 Å². The third kappa shape index (κ3) is 4.76. The Kier molecular flexibility index (Phi) is 4.71. The van der Waals surface area contributed by atoms with Gasteiger partial charge >= 0.3 is 5.97 Å². The van der Waals surface area contributed by atoms with Crippen molar-refractivity contribution in [1.82, 2.24) is 9.78 Å². The van der Waals surface area contributed by atoms with Gasteiger partial charge in [0.15, 0.2) is 0 Å². The smallest absolute Gasteiger partial charge is 0.325 e. The fraction of sp³-hybridized carbons (Fsp3) is 0.267. The first-order valence-electron chi connectivity index (χ1n) is 6.62. The second-order valence-corrected chi connectivity index (χ2v) is 4.86. The second-order valence-electron chi connectivity index (χ2n) is 4.86. The maximum absolute atomic E-state index is 11.8. The Morgan fingerprint density at radius 3 is 2.90 bits per heavy atom. The van der Waals surface area contributed by atoms with E-state index in [2.05, 4.69) is 16.5 Å². The van der Waals surface area contributed by atoms with Crippen molar-refractivity contribution in [3.8, 4) is 0 Å². The van der Waals surface area contributed by atoms with Crippen LogP contribution < -0.4 is 5.32 Å². The standard InChI is InChI=1S/C15H17N3O3/c1-11-3-2-4-12(7-11)5-6-14(19)17-13-8-16-18(9-13)10-15(20)21/h2-4,7-9H,5-6,10H2,1H3,(H,17,19)(H,20,21). The molecule has 2 aromatic rings. The lowest BCUT2D eigenvalue weighted by atomic mass is 10.1. The summed E-state index contributed by atoms with van der Waals surface area (Å²) in [6.07, 6.45) is 3.97. The molecular weight excluding hydrogens is 270 g/mol. The first-order chi connectivity index (χ1) is 10.0. The highest BCUT2D eigenvalue weighted by molar-refractivity contribution is 5.90. The molecule has 6 nitrogen and oxygen atoms in total. The van der Waals surface area contributed by atoms with Crippen LogP contribution in [0, 0.1) is 6.92 Å². The van der Waals surface area contributed by atoms with E-state index in [1.54, 1.807) is 0 Å². The Labute approximate surface area is 122 Å². The summed E-state index contributed by atoms with van der Waals surface area (Å²) in [4.78, 5) is 22.4. The molecule has 1 amide bonds. The summed E-state index contributed by atoms with van der Waals surface area (Å²) in [5, 5.41) is 15.2. The van der Waals surface area contributed by atoms with E-state index < -0.39 is 5.97 Å². The zero-order chi connectivity index (χ0) is 15.2. The number of carbonyl (C=O) groups is 2. The van der Waals surface area contributed by atoms with Gasteiger partial charge < -0.3 is 10.4 Å². The number of nitrogens with zero attached hydrogens (tertiary/aromatic N) is 2. The summed E-state index contributed by atoms with van der Waals surface area (Å²) in [6.45, 7) is 1.79. The Bertz CT molecular complexity index is 649. The number of carboxylic acid groups (broad SMARTS) is 1. The highest BCUT2D eigenvalue weighted by Crippen LogP contribution is 2.09. The Balaban J connectivity index is 1.84. The van der Waals surface area contributed by atoms with Gasteiger partial charge in [0.1, 0.15) is 6.54 Å². The molecule has 6 heteroatoms. The molecule has 0 saturated heterocycles. The molecule has 2 N–H and O–H groups in total. The summed E-state index contributed by atoms with van der Waals surface area (Å²) in [7, 11) is 0. The Morgan fingerprint density at radius 2 is 2.19 bits per heavy atom. The number of rotatable bonds is 6. The van der Waals surface area contributed by atoms with E-state index >= 15 is 0 Å². The minimum Gasteiger partial charge on any atom is -0.480 e. The topological polar surface area (TPSA) is 84.2 Å². The number of carboxylic acids is 1. The number of aliphatic carboxylic acids is 1. The van der Waals surface area contributed by atoms with Gasteiger partial charge in [-0.15, -0.1) is 0 Å². The molecule has 0 bridgehead atoms. The monoisotopic (exact) mass is 287 g/mol. The Hall–Kier alpha value is -2.63. The zero-order valence-corrected chi connectivity index (χ0v) is 11.7. The summed E-state index contributed by atoms with van der Waals surface area (Å²) < 4.78 is 1.26. The van der Waals surface area contributed by atoms with Crippen LogP contribution in [0.25, 0.3) is 0 Å². The van der Waals surface area contributed by atoms with Crippen molar-refractivity contribution in [3.63, 3.8) is 0 Å². The molecule has 0 aliphatic rings. The normalized spacial score (nSPS) is 10.3. The fourth-order valence-electron chi connectivity index (χ4n) is 2.00. The molecule has 0 radical (unpaired) electrons. The molecule has 0 fully saturated rings. The van der Waals surface area contributed by atoms with Crippen molar-refractivity contribution in [2.24, 2.45) is 0 Å². The maximum Gasteiger partial charge on any atom is 0.325 e. The van der Waals surface area contributed by atoms with Crippen LogP contribution in [0.1, 0.15) is 17.5 Å². The predicted octanol–water partition coefficient (Wildman–Crippen LogP) is 1.85. The van der Waals surface area contributed by atoms with Crippen molar-refractivity contribution < 1.29 is 14.7 Å². The molecule has 0 aliphatic carbocycles. The maximum atomic E-state index is 11.8. The fourth-order valence-corrected chi connectivity index (χ4v) is 2.00. The third-order valence-corrected chi connectivity index (χ3v) is 2.94. The largest absolute Gasteiger partial charge is 0.480 e. The van der Waals surface area contributed by atoms with E-state index in [-0.39, 0.29) is 12.5 Å². The molecule has 21 heavy (non-hydrogen) atoms. The summed E-state index contributed by atoms with van der Waals surface area (Å²) in [5.74, 6) is -1.10. The summed E-state index contributed by atoms with van der Waals surface area (Å²) >= 11 is 0. The number of aromatic nitrogens is 2. The number of benzene rings is 1. The minimum atomic E-state index is -0.976. The van der Waals surface area contributed by atoms with E-state index in [0.717, 1.165) is 5.56 Å². The van der Waals surface area contributed by atoms with Gasteiger partial charge in [-0.25, -0.2) is 0 Å². The Morgan fingerprint density at radius 1 is 1.38 bits per heavy atom. The van der Waals surface area contributed by atoms with Crippen LogP contribution >= 0.6 is 0 Å². The van der Waals surface area contributed by atoms with Gasteiger partial charge in [0.05, 0.1) is 11.9 Å². The molecular formula is C15H17N3O3. The number of amides is 1. The minimum absolute atomic E-state index is 0.119. The predicted molar refractivity (Wildman–Crippen MR) is 78.0 cm³/mol. The molecule has 0 unspecified atom stereocenters. The van der Waals surface area contributed by atoms with E-state index in [1.807, 2.05) is 25.1 Å². The third-order valence-electron chi connectivity index (χ3n) is 2.94. The van der Waals surface area contributed by atoms with E-state index in [4.69, 9.17) is 5.11 Å². The second kappa shape index (κ2) is 6.69. The molecule has 110 valence electrons. The highest BCUT2D eigenvalue weighted by Gasteiger charge is 2.07. The number of anilines is 1. The van der Waals surface area contributed by atoms with Crippen molar-refractivity contribution in [3.05, 3.63) is 47.8 Å². The van der Waals surface area contributed by atoms with Crippen molar-refractivity contribution in [1.29, 1.82) is 0 Å². The van der Waals surface area contributed by atoms with Crippen molar-refractivity contribution in [2.45, 2.75) is 26.3 Å². The highest BCUT2D eigenvalue weighted by atomic mass is 16.4. The van der Waals surface area contributed by atoms with E-state index in [9.17, 15) is 9.59 Å². The SMILES string of the molecule is Cc1cccc(CCC(=O)Nc2cnn(CC(=O)O)c2)c1. The van der Waals surface area contributed by atoms with Gasteiger partial charge in [-0.05, 0) is 18.9 Å². The average molecular weight is 287 g/mol. The van der Waals surface area contributed by atoms with E-state index in [0.29, 0.717) is 18.5 Å². The summed E-state index contributed by atoms with van der Waals surface area (Å²) in [6, 6.07) is 8.03. The van der Waals surface area contributed by atoms with Gasteiger partial charge in [0.2, 0.25) is 5.91 Å². The van der Waals surface area contributed by atoms with Crippen molar-refractivity contribution >= 4 is 17.6 Å². The quantitative estimate of drug-likeness (QED) is 0.849. The number of nitrogens with one attached hydrogen (secondary N) is 1. The molecule has 0 spiro atoms. The van der Waals surface area contributed by atoms with Crippen molar-refractivity contribution in [2.75, 3.05) is 5.32 Å². The number of hydrogen-bond acceptors (Lipinski definition) is 3. The van der Waals surface area contributed by atoms with Gasteiger partial charge in [0.25, 0.3) is 0 Å². The average Bonchev–Trinajstić information content (AvgIpc) is 2.83. The van der Waals surface area contributed by atoms with Crippen LogP contribution in [-0.4, -0.2) is 26.8 Å². The first kappa shape index (κ1) is 14.8. The van der Waals surface area contributed by atoms with Crippen LogP contribution in [0.15, 0.2) is 36.7 Å². The molecule has 0 aliphatic heterocycles. The summed E-state index contributed by atoms with van der Waals surface area (Å²) in [5.41, 5.74) is 2.79. The molecule has 2 rings (SSSR count). The lowest BCUT2D eigenvalue weighted by Gasteiger charge is -2.03. The lowest BCUT2D eigenvalue weighted by molar-refractivity contribution is -0.137. The van der Waals surface area contributed by atoms with Gasteiger partial charge in [-0.2, -0.15) is 5.10 Å². The lowest BCUT2D eigenvalue weighted by Crippen LogP contribution is -2.12. The van der Waals surface area contributed by atoms with Gasteiger partial charge in [0, 0.05) is 12.6 Å². The van der Waals surface area contributed by atoms with Gasteiger partial charge in [-0.3, -0.25) is 14.3 Å². The van der Waals surface area contributed by atoms with E-state index in [1.165, 1.54) is 22.6 Å². The molecule has 1 aromatic heterocycles. The van der Waals surface area contributed by atoms with Crippen LogP contribution in [0.2, 0.25) is 0 Å². The first-order valence-corrected chi connectivity index (χ1v) is 6.62. The van der Waals surface area contributed by atoms with Crippen LogP contribution in [-0.2, 0) is 22.6 Å². The van der Waals surface area contributed by atoms with Crippen LogP contribution in [0.3, 0.4) is 0 Å². The number of carbonyl (C=O) groups excluding carboxylic acids is 1. The number of aryl methyl sites for hydroxylation is 2. The molecule has 0 saturated carbocycles. The zero-order valence-electron chi connectivity index (χ0n) is 11.7. The molecule has 0 atom stereocenters.